The predicted molar refractivity (Wildman–Crippen MR) is 105 cm³/mol. The highest BCUT2D eigenvalue weighted by atomic mass is 127. The summed E-state index contributed by atoms with van der Waals surface area (Å²) in [5.41, 5.74) is 4.90. The lowest BCUT2D eigenvalue weighted by Crippen LogP contribution is -2.14. The largest absolute Gasteiger partial charge is 0.496 e. The highest BCUT2D eigenvalue weighted by Gasteiger charge is 2.21. The lowest BCUT2D eigenvalue weighted by molar-refractivity contribution is 0.396. The second-order valence-electron chi connectivity index (χ2n) is 6.57. The van der Waals surface area contributed by atoms with Gasteiger partial charge in [0.25, 0.3) is 0 Å². The van der Waals surface area contributed by atoms with Gasteiger partial charge in [-0.15, -0.1) is 0 Å². The first-order valence-corrected chi connectivity index (χ1v) is 8.52. The number of methoxy groups -OCH3 is 1. The van der Waals surface area contributed by atoms with E-state index in [2.05, 4.69) is 98.8 Å². The molecular formula is C20H23IO. The van der Waals surface area contributed by atoms with Crippen LogP contribution in [0.2, 0.25) is 0 Å². The maximum atomic E-state index is 5.71. The first kappa shape index (κ1) is 17.1. The lowest BCUT2D eigenvalue weighted by Gasteiger charge is -2.24. The van der Waals surface area contributed by atoms with Crippen LogP contribution >= 0.6 is 22.6 Å². The molecule has 0 amide bonds. The van der Waals surface area contributed by atoms with Gasteiger partial charge >= 0.3 is 0 Å². The summed E-state index contributed by atoms with van der Waals surface area (Å²) in [6.07, 6.45) is 4.28. The fraction of sp³-hybridized carbons (Fsp3) is 0.300. The van der Waals surface area contributed by atoms with Crippen LogP contribution in [-0.4, -0.2) is 7.11 Å². The van der Waals surface area contributed by atoms with Crippen molar-refractivity contribution in [2.24, 2.45) is 0 Å². The van der Waals surface area contributed by atoms with E-state index in [1.165, 1.54) is 20.3 Å². The molecule has 0 heterocycles. The lowest BCUT2D eigenvalue weighted by atomic mass is 9.85. The Labute approximate surface area is 147 Å². The van der Waals surface area contributed by atoms with Gasteiger partial charge in [-0.25, -0.2) is 0 Å². The zero-order valence-electron chi connectivity index (χ0n) is 13.9. The summed E-state index contributed by atoms with van der Waals surface area (Å²) in [7, 11) is 1.75. The molecule has 0 aliphatic rings. The van der Waals surface area contributed by atoms with Crippen molar-refractivity contribution in [3.05, 3.63) is 62.2 Å². The minimum absolute atomic E-state index is 0.0545. The molecule has 0 aromatic heterocycles. The molecule has 2 rings (SSSR count). The number of rotatable bonds is 3. The molecule has 22 heavy (non-hydrogen) atoms. The minimum Gasteiger partial charge on any atom is -0.496 e. The molecular weight excluding hydrogens is 383 g/mol. The average Bonchev–Trinajstić information content (AvgIpc) is 2.45. The van der Waals surface area contributed by atoms with Gasteiger partial charge < -0.3 is 4.74 Å². The van der Waals surface area contributed by atoms with E-state index >= 15 is 0 Å². The maximum absolute atomic E-state index is 5.71. The van der Waals surface area contributed by atoms with Gasteiger partial charge in [-0.05, 0) is 52.6 Å². The van der Waals surface area contributed by atoms with Crippen LogP contribution in [0.25, 0.3) is 12.2 Å². The number of halogens is 1. The van der Waals surface area contributed by atoms with Crippen molar-refractivity contribution in [3.8, 4) is 5.75 Å². The van der Waals surface area contributed by atoms with Crippen LogP contribution in [0, 0.1) is 10.5 Å². The van der Waals surface area contributed by atoms with Crippen molar-refractivity contribution in [3.63, 3.8) is 0 Å². The minimum atomic E-state index is 0.0545. The van der Waals surface area contributed by atoms with Gasteiger partial charge in [0.05, 0.1) is 7.11 Å². The smallest absolute Gasteiger partial charge is 0.129 e. The Balaban J connectivity index is 2.46. The second kappa shape index (κ2) is 6.86. The molecule has 0 spiro atoms. The molecule has 0 fully saturated rings. The van der Waals surface area contributed by atoms with Crippen LogP contribution in [0.3, 0.4) is 0 Å². The fourth-order valence-electron chi connectivity index (χ4n) is 2.39. The van der Waals surface area contributed by atoms with Crippen LogP contribution in [0.5, 0.6) is 5.75 Å². The normalized spacial score (nSPS) is 11.9. The van der Waals surface area contributed by atoms with Crippen molar-refractivity contribution in [2.75, 3.05) is 7.11 Å². The molecule has 0 unspecified atom stereocenters. The predicted octanol–water partition coefficient (Wildman–Crippen LogP) is 6.08. The number of aryl methyl sites for hydroxylation is 1. The van der Waals surface area contributed by atoms with E-state index in [4.69, 9.17) is 4.74 Å². The van der Waals surface area contributed by atoms with E-state index < -0.39 is 0 Å². The molecule has 2 aromatic carbocycles. The van der Waals surface area contributed by atoms with Crippen LogP contribution in [0.15, 0.2) is 36.4 Å². The molecule has 0 atom stereocenters. The molecule has 116 valence electrons. The van der Waals surface area contributed by atoms with Gasteiger partial charge in [-0.1, -0.05) is 62.8 Å². The SMILES string of the molecule is COc1c(/C=C/c2ccc(C)cc2)cc(I)cc1C(C)(C)C. The molecule has 0 saturated carbocycles. The fourth-order valence-corrected chi connectivity index (χ4v) is 3.03. The Morgan fingerprint density at radius 3 is 2.18 bits per heavy atom. The number of ether oxygens (including phenoxy) is 1. The highest BCUT2D eigenvalue weighted by molar-refractivity contribution is 14.1. The van der Waals surface area contributed by atoms with Crippen molar-refractivity contribution in [1.29, 1.82) is 0 Å². The summed E-state index contributed by atoms with van der Waals surface area (Å²) >= 11 is 2.37. The van der Waals surface area contributed by atoms with Gasteiger partial charge in [0, 0.05) is 14.7 Å². The van der Waals surface area contributed by atoms with Gasteiger partial charge in [0.15, 0.2) is 0 Å². The third-order valence-corrected chi connectivity index (χ3v) is 4.25. The van der Waals surface area contributed by atoms with Crippen LogP contribution < -0.4 is 4.74 Å². The van der Waals surface area contributed by atoms with E-state index in [0.29, 0.717) is 0 Å². The Kier molecular flexibility index (Phi) is 5.32. The Bertz CT molecular complexity index is 676. The number of hydrogen-bond acceptors (Lipinski definition) is 1. The Morgan fingerprint density at radius 2 is 1.64 bits per heavy atom. The zero-order valence-corrected chi connectivity index (χ0v) is 16.1. The van der Waals surface area contributed by atoms with Gasteiger partial charge in [0.2, 0.25) is 0 Å². The van der Waals surface area contributed by atoms with E-state index in [0.717, 1.165) is 11.3 Å². The molecule has 1 nitrogen and oxygen atoms in total. The zero-order chi connectivity index (χ0) is 16.3. The highest BCUT2D eigenvalue weighted by Crippen LogP contribution is 2.36. The summed E-state index contributed by atoms with van der Waals surface area (Å²) in [5.74, 6) is 0.969. The Hall–Kier alpha value is -1.29. The van der Waals surface area contributed by atoms with Crippen molar-refractivity contribution in [1.82, 2.24) is 0 Å². The number of hydrogen-bond donors (Lipinski definition) is 0. The van der Waals surface area contributed by atoms with Crippen molar-refractivity contribution < 1.29 is 4.74 Å². The topological polar surface area (TPSA) is 9.23 Å². The summed E-state index contributed by atoms with van der Waals surface area (Å²) in [5, 5.41) is 0. The molecule has 0 bridgehead atoms. The van der Waals surface area contributed by atoms with E-state index in [9.17, 15) is 0 Å². The monoisotopic (exact) mass is 406 g/mol. The van der Waals surface area contributed by atoms with E-state index in [-0.39, 0.29) is 5.41 Å². The molecule has 0 N–H and O–H groups in total. The molecule has 0 aliphatic carbocycles. The van der Waals surface area contributed by atoms with Crippen molar-refractivity contribution >= 4 is 34.7 Å². The molecule has 2 heteroatoms. The summed E-state index contributed by atoms with van der Waals surface area (Å²) < 4.78 is 6.94. The van der Waals surface area contributed by atoms with Crippen LogP contribution in [0.4, 0.5) is 0 Å². The first-order valence-electron chi connectivity index (χ1n) is 7.44. The summed E-state index contributed by atoms with van der Waals surface area (Å²) in [6.45, 7) is 8.75. The summed E-state index contributed by atoms with van der Waals surface area (Å²) in [4.78, 5) is 0. The average molecular weight is 406 g/mol. The van der Waals surface area contributed by atoms with Gasteiger partial charge in [-0.3, -0.25) is 0 Å². The van der Waals surface area contributed by atoms with E-state index in [1.807, 2.05) is 0 Å². The second-order valence-corrected chi connectivity index (χ2v) is 7.82. The van der Waals surface area contributed by atoms with E-state index in [1.54, 1.807) is 7.11 Å². The summed E-state index contributed by atoms with van der Waals surface area (Å²) in [6, 6.07) is 12.9. The van der Waals surface area contributed by atoms with Crippen LogP contribution in [-0.2, 0) is 5.41 Å². The molecule has 2 aromatic rings. The van der Waals surface area contributed by atoms with Gasteiger partial charge in [0.1, 0.15) is 5.75 Å². The first-order chi connectivity index (χ1) is 10.3. The third kappa shape index (κ3) is 4.13. The molecule has 0 radical (unpaired) electrons. The molecule has 0 saturated heterocycles. The Morgan fingerprint density at radius 1 is 1.00 bits per heavy atom. The number of benzene rings is 2. The third-order valence-electron chi connectivity index (χ3n) is 3.63. The molecule has 0 aliphatic heterocycles. The van der Waals surface area contributed by atoms with Crippen molar-refractivity contribution in [2.45, 2.75) is 33.1 Å². The van der Waals surface area contributed by atoms with Gasteiger partial charge in [-0.2, -0.15) is 0 Å². The standard InChI is InChI=1S/C20H23IO/c1-14-6-8-15(9-7-14)10-11-16-12-17(21)13-18(19(16)22-5)20(2,3)4/h6-13H,1-5H3/b11-10+. The van der Waals surface area contributed by atoms with Crippen LogP contribution in [0.1, 0.15) is 43.0 Å². The maximum Gasteiger partial charge on any atom is 0.129 e. The quantitative estimate of drug-likeness (QED) is 0.444.